The molecule has 1 atom stereocenters. The van der Waals surface area contributed by atoms with Crippen LogP contribution in [0.2, 0.25) is 0 Å². The molecule has 98 valence electrons. The van der Waals surface area contributed by atoms with Crippen LogP contribution >= 0.6 is 0 Å². The molecule has 1 saturated heterocycles. The third kappa shape index (κ3) is 3.57. The minimum absolute atomic E-state index is 0.0618. The van der Waals surface area contributed by atoms with Crippen LogP contribution < -0.4 is 5.32 Å². The number of hydrogen-bond acceptors (Lipinski definition) is 2. The summed E-state index contributed by atoms with van der Waals surface area (Å²) in [6.07, 6.45) is 4.17. The summed E-state index contributed by atoms with van der Waals surface area (Å²) in [5.74, 6) is 0.251. The normalized spacial score (nSPS) is 18.8. The standard InChI is InChI=1S/C15H22N2O/c1-17(15(18)14-10-5-11-16-14)12-6-9-13-7-3-2-4-8-13/h2-4,7-8,14,16H,5-6,9-12H2,1H3/t14-/m0/s1. The molecule has 0 bridgehead atoms. The molecule has 1 aliphatic heterocycles. The van der Waals surface area contributed by atoms with Crippen LogP contribution in [0.15, 0.2) is 30.3 Å². The number of carbonyl (C=O) groups is 1. The minimum atomic E-state index is 0.0618. The van der Waals surface area contributed by atoms with Gasteiger partial charge >= 0.3 is 0 Å². The molecule has 0 spiro atoms. The number of nitrogens with zero attached hydrogens (tertiary/aromatic N) is 1. The van der Waals surface area contributed by atoms with Crippen LogP contribution in [-0.2, 0) is 11.2 Å². The molecular formula is C15H22N2O. The van der Waals surface area contributed by atoms with Gasteiger partial charge in [-0.3, -0.25) is 4.79 Å². The highest BCUT2D eigenvalue weighted by atomic mass is 16.2. The van der Waals surface area contributed by atoms with Gasteiger partial charge in [-0.05, 0) is 37.8 Å². The van der Waals surface area contributed by atoms with E-state index in [1.807, 2.05) is 18.0 Å². The number of hydrogen-bond donors (Lipinski definition) is 1. The predicted molar refractivity (Wildman–Crippen MR) is 73.4 cm³/mol. The number of nitrogens with one attached hydrogen (secondary N) is 1. The number of rotatable bonds is 5. The summed E-state index contributed by atoms with van der Waals surface area (Å²) in [6, 6.07) is 10.5. The lowest BCUT2D eigenvalue weighted by Crippen LogP contribution is -2.42. The van der Waals surface area contributed by atoms with Crippen molar-refractivity contribution < 1.29 is 4.79 Å². The fourth-order valence-corrected chi connectivity index (χ4v) is 2.44. The van der Waals surface area contributed by atoms with Gasteiger partial charge in [-0.2, -0.15) is 0 Å². The van der Waals surface area contributed by atoms with E-state index in [1.54, 1.807) is 0 Å². The van der Waals surface area contributed by atoms with Crippen molar-refractivity contribution in [1.29, 1.82) is 0 Å². The van der Waals surface area contributed by atoms with Crippen LogP contribution in [0, 0.1) is 0 Å². The van der Waals surface area contributed by atoms with Crippen LogP contribution in [-0.4, -0.2) is 37.0 Å². The Bertz CT molecular complexity index is 371. The topological polar surface area (TPSA) is 32.3 Å². The van der Waals surface area contributed by atoms with Crippen molar-refractivity contribution in [1.82, 2.24) is 10.2 Å². The summed E-state index contributed by atoms with van der Waals surface area (Å²) < 4.78 is 0. The van der Waals surface area contributed by atoms with E-state index in [4.69, 9.17) is 0 Å². The van der Waals surface area contributed by atoms with E-state index in [0.29, 0.717) is 0 Å². The highest BCUT2D eigenvalue weighted by molar-refractivity contribution is 5.81. The van der Waals surface area contributed by atoms with Crippen molar-refractivity contribution in [3.8, 4) is 0 Å². The van der Waals surface area contributed by atoms with E-state index in [9.17, 15) is 4.79 Å². The van der Waals surface area contributed by atoms with Crippen molar-refractivity contribution in [3.05, 3.63) is 35.9 Å². The first-order valence-corrected chi connectivity index (χ1v) is 6.79. The smallest absolute Gasteiger partial charge is 0.239 e. The number of benzene rings is 1. The lowest BCUT2D eigenvalue weighted by atomic mass is 10.1. The molecule has 1 amide bonds. The molecule has 0 saturated carbocycles. The fraction of sp³-hybridized carbons (Fsp3) is 0.533. The van der Waals surface area contributed by atoms with E-state index in [0.717, 1.165) is 38.8 Å². The summed E-state index contributed by atoms with van der Waals surface area (Å²) in [5, 5.41) is 3.25. The second-order valence-corrected chi connectivity index (χ2v) is 5.00. The number of likely N-dealkylation sites (N-methyl/N-ethyl adjacent to an activating group) is 1. The van der Waals surface area contributed by atoms with Gasteiger partial charge in [0.1, 0.15) is 0 Å². The van der Waals surface area contributed by atoms with Crippen LogP contribution in [0.1, 0.15) is 24.8 Å². The monoisotopic (exact) mass is 246 g/mol. The Morgan fingerprint density at radius 2 is 2.17 bits per heavy atom. The number of amides is 1. The highest BCUT2D eigenvalue weighted by Crippen LogP contribution is 2.09. The van der Waals surface area contributed by atoms with Gasteiger partial charge in [-0.25, -0.2) is 0 Å². The average molecular weight is 246 g/mol. The Balaban J connectivity index is 1.71. The van der Waals surface area contributed by atoms with Gasteiger partial charge in [-0.1, -0.05) is 30.3 Å². The molecule has 1 aromatic rings. The van der Waals surface area contributed by atoms with Crippen LogP contribution in [0.25, 0.3) is 0 Å². The first kappa shape index (κ1) is 13.1. The summed E-state index contributed by atoms with van der Waals surface area (Å²) >= 11 is 0. The van der Waals surface area contributed by atoms with E-state index in [1.165, 1.54) is 5.56 Å². The van der Waals surface area contributed by atoms with Gasteiger partial charge in [0.05, 0.1) is 6.04 Å². The Hall–Kier alpha value is -1.35. The minimum Gasteiger partial charge on any atom is -0.344 e. The molecule has 1 N–H and O–H groups in total. The maximum Gasteiger partial charge on any atom is 0.239 e. The van der Waals surface area contributed by atoms with Gasteiger partial charge in [-0.15, -0.1) is 0 Å². The summed E-state index contributed by atoms with van der Waals surface area (Å²) in [5.41, 5.74) is 1.34. The summed E-state index contributed by atoms with van der Waals surface area (Å²) in [4.78, 5) is 13.9. The average Bonchev–Trinajstić information content (AvgIpc) is 2.93. The Morgan fingerprint density at radius 1 is 1.39 bits per heavy atom. The Labute approximate surface area is 109 Å². The van der Waals surface area contributed by atoms with Crippen molar-refractivity contribution in [2.75, 3.05) is 20.1 Å². The van der Waals surface area contributed by atoms with Crippen molar-refractivity contribution in [2.24, 2.45) is 0 Å². The van der Waals surface area contributed by atoms with E-state index in [2.05, 4.69) is 29.6 Å². The lowest BCUT2D eigenvalue weighted by Gasteiger charge is -2.21. The van der Waals surface area contributed by atoms with Crippen LogP contribution in [0.5, 0.6) is 0 Å². The lowest BCUT2D eigenvalue weighted by molar-refractivity contribution is -0.131. The SMILES string of the molecule is CN(CCCc1ccccc1)C(=O)[C@@H]1CCCN1. The zero-order valence-corrected chi connectivity index (χ0v) is 11.1. The van der Waals surface area contributed by atoms with E-state index in [-0.39, 0.29) is 11.9 Å². The zero-order chi connectivity index (χ0) is 12.8. The Morgan fingerprint density at radius 3 is 2.83 bits per heavy atom. The quantitative estimate of drug-likeness (QED) is 0.859. The third-order valence-corrected chi connectivity index (χ3v) is 3.54. The van der Waals surface area contributed by atoms with Crippen LogP contribution in [0.4, 0.5) is 0 Å². The molecule has 0 aliphatic carbocycles. The van der Waals surface area contributed by atoms with Gasteiger partial charge < -0.3 is 10.2 Å². The molecular weight excluding hydrogens is 224 g/mol. The molecule has 1 heterocycles. The van der Waals surface area contributed by atoms with E-state index < -0.39 is 0 Å². The van der Waals surface area contributed by atoms with Gasteiger partial charge in [0, 0.05) is 13.6 Å². The molecule has 0 unspecified atom stereocenters. The predicted octanol–water partition coefficient (Wildman–Crippen LogP) is 1.83. The second kappa shape index (κ2) is 6.55. The highest BCUT2D eigenvalue weighted by Gasteiger charge is 2.24. The summed E-state index contributed by atoms with van der Waals surface area (Å²) in [7, 11) is 1.91. The van der Waals surface area contributed by atoms with Gasteiger partial charge in [0.2, 0.25) is 5.91 Å². The maximum atomic E-state index is 12.1. The van der Waals surface area contributed by atoms with Crippen molar-refractivity contribution in [3.63, 3.8) is 0 Å². The molecule has 3 nitrogen and oxygen atoms in total. The molecule has 3 heteroatoms. The first-order chi connectivity index (χ1) is 8.77. The molecule has 0 aromatic heterocycles. The van der Waals surface area contributed by atoms with Crippen LogP contribution in [0.3, 0.4) is 0 Å². The molecule has 18 heavy (non-hydrogen) atoms. The van der Waals surface area contributed by atoms with Gasteiger partial charge in [0.25, 0.3) is 0 Å². The molecule has 0 radical (unpaired) electrons. The van der Waals surface area contributed by atoms with E-state index >= 15 is 0 Å². The molecule has 1 aromatic carbocycles. The fourth-order valence-electron chi connectivity index (χ4n) is 2.44. The molecule has 1 fully saturated rings. The zero-order valence-electron chi connectivity index (χ0n) is 11.1. The van der Waals surface area contributed by atoms with Crippen molar-refractivity contribution >= 4 is 5.91 Å². The second-order valence-electron chi connectivity index (χ2n) is 5.00. The number of aryl methyl sites for hydroxylation is 1. The molecule has 2 rings (SSSR count). The summed E-state index contributed by atoms with van der Waals surface area (Å²) in [6.45, 7) is 1.82. The third-order valence-electron chi connectivity index (χ3n) is 3.54. The van der Waals surface area contributed by atoms with Crippen molar-refractivity contribution in [2.45, 2.75) is 31.7 Å². The largest absolute Gasteiger partial charge is 0.344 e. The Kier molecular flexibility index (Phi) is 4.76. The maximum absolute atomic E-state index is 12.1. The molecule has 1 aliphatic rings. The first-order valence-electron chi connectivity index (χ1n) is 6.79. The number of carbonyl (C=O) groups excluding carboxylic acids is 1. The van der Waals surface area contributed by atoms with Gasteiger partial charge in [0.15, 0.2) is 0 Å².